The number of benzene rings is 1. The highest BCUT2D eigenvalue weighted by Gasteiger charge is 2.16. The second kappa shape index (κ2) is 5.02. The third kappa shape index (κ3) is 2.42. The van der Waals surface area contributed by atoms with Gasteiger partial charge in [0.2, 0.25) is 0 Å². The quantitative estimate of drug-likeness (QED) is 0.848. The van der Waals surface area contributed by atoms with E-state index in [-0.39, 0.29) is 5.82 Å². The van der Waals surface area contributed by atoms with Crippen LogP contribution in [0.5, 0.6) is 0 Å². The molecule has 0 radical (unpaired) electrons. The first-order valence-electron chi connectivity index (χ1n) is 6.19. The maximum atomic E-state index is 13.8. The van der Waals surface area contributed by atoms with Gasteiger partial charge in [0.25, 0.3) is 0 Å². The third-order valence-electron chi connectivity index (χ3n) is 3.41. The Hall–Kier alpha value is -1.26. The van der Waals surface area contributed by atoms with E-state index in [4.69, 9.17) is 23.8 Å². The minimum Gasteiger partial charge on any atom is -0.347 e. The molecule has 0 amide bonds. The van der Waals surface area contributed by atoms with Gasteiger partial charge in [-0.3, -0.25) is 0 Å². The fourth-order valence-electron chi connectivity index (χ4n) is 2.46. The van der Waals surface area contributed by atoms with Gasteiger partial charge in [-0.05, 0) is 31.4 Å². The van der Waals surface area contributed by atoms with E-state index in [9.17, 15) is 4.39 Å². The Morgan fingerprint density at radius 3 is 3.00 bits per heavy atom. The molecule has 0 saturated heterocycles. The maximum absolute atomic E-state index is 13.8. The second-order valence-corrected chi connectivity index (χ2v) is 5.47. The number of H-pyrrole nitrogens is 1. The van der Waals surface area contributed by atoms with Crippen LogP contribution >= 0.6 is 23.8 Å². The Kier molecular flexibility index (Phi) is 3.37. The number of nitrogens with one attached hydrogen (secondary N) is 1. The predicted octanol–water partition coefficient (Wildman–Crippen LogP) is 4.01. The lowest BCUT2D eigenvalue weighted by atomic mass is 10.1. The van der Waals surface area contributed by atoms with Crippen molar-refractivity contribution in [3.63, 3.8) is 0 Å². The number of aromatic nitrogens is 2. The highest BCUT2D eigenvalue weighted by Crippen LogP contribution is 2.24. The first kappa shape index (κ1) is 12.8. The van der Waals surface area contributed by atoms with E-state index in [2.05, 4.69) is 9.97 Å². The molecule has 0 bridgehead atoms. The number of aryl methyl sites for hydroxylation is 1. The summed E-state index contributed by atoms with van der Waals surface area (Å²) in [5.41, 5.74) is 2.74. The Balaban J connectivity index is 2.01. The molecule has 1 N–H and O–H groups in total. The monoisotopic (exact) mass is 294 g/mol. The lowest BCUT2D eigenvalue weighted by molar-refractivity contribution is 0.612. The second-order valence-electron chi connectivity index (χ2n) is 4.68. The van der Waals surface area contributed by atoms with E-state index < -0.39 is 0 Å². The average molecular weight is 295 g/mol. The predicted molar refractivity (Wildman–Crippen MR) is 75.7 cm³/mol. The number of fused-ring (bicyclic) bond motifs is 1. The molecule has 1 heterocycles. The van der Waals surface area contributed by atoms with Gasteiger partial charge in [0.15, 0.2) is 0 Å². The van der Waals surface area contributed by atoms with Crippen molar-refractivity contribution in [1.82, 2.24) is 9.97 Å². The molecule has 0 saturated carbocycles. The normalized spacial score (nSPS) is 13.6. The molecule has 5 heteroatoms. The Morgan fingerprint density at radius 2 is 2.21 bits per heavy atom. The standard InChI is InChI=1S/C14H12ClFN2S/c15-10-4-2-5-11(16)9(10)7-13-17-12-6-1-3-8(12)14(19)18-13/h2,4-5H,1,3,6-7H2,(H,17,18,19). The third-order valence-corrected chi connectivity index (χ3v) is 4.11. The first-order chi connectivity index (χ1) is 9.15. The molecule has 3 rings (SSSR count). The fourth-order valence-corrected chi connectivity index (χ4v) is 3.03. The molecule has 0 unspecified atom stereocenters. The Bertz CT molecular complexity index is 676. The van der Waals surface area contributed by atoms with Crippen molar-refractivity contribution in [2.24, 2.45) is 0 Å². The lowest BCUT2D eigenvalue weighted by Gasteiger charge is -2.08. The SMILES string of the molecule is Fc1cccc(Cl)c1Cc1nc(=S)c2c([nH]1)CCC2. The van der Waals surface area contributed by atoms with Gasteiger partial charge < -0.3 is 4.98 Å². The van der Waals surface area contributed by atoms with Crippen molar-refractivity contribution in [1.29, 1.82) is 0 Å². The van der Waals surface area contributed by atoms with Crippen molar-refractivity contribution >= 4 is 23.8 Å². The number of halogens is 2. The summed E-state index contributed by atoms with van der Waals surface area (Å²) < 4.78 is 14.4. The average Bonchev–Trinajstić information content (AvgIpc) is 2.83. The van der Waals surface area contributed by atoms with Gasteiger partial charge in [-0.2, -0.15) is 0 Å². The number of nitrogens with zero attached hydrogens (tertiary/aromatic N) is 1. The molecule has 19 heavy (non-hydrogen) atoms. The Morgan fingerprint density at radius 1 is 1.37 bits per heavy atom. The van der Waals surface area contributed by atoms with Gasteiger partial charge in [-0.25, -0.2) is 9.37 Å². The van der Waals surface area contributed by atoms with Crippen molar-refractivity contribution in [3.8, 4) is 0 Å². The lowest BCUT2D eigenvalue weighted by Crippen LogP contribution is -2.03. The van der Waals surface area contributed by atoms with Crippen LogP contribution in [-0.4, -0.2) is 9.97 Å². The van der Waals surface area contributed by atoms with Crippen LogP contribution in [0.15, 0.2) is 18.2 Å². The number of rotatable bonds is 2. The number of aromatic amines is 1. The maximum Gasteiger partial charge on any atom is 0.133 e. The van der Waals surface area contributed by atoms with Crippen LogP contribution < -0.4 is 0 Å². The molecule has 2 aromatic rings. The van der Waals surface area contributed by atoms with Crippen molar-refractivity contribution in [3.05, 3.63) is 56.3 Å². The van der Waals surface area contributed by atoms with Gasteiger partial charge in [-0.15, -0.1) is 0 Å². The summed E-state index contributed by atoms with van der Waals surface area (Å²) in [7, 11) is 0. The molecular weight excluding hydrogens is 283 g/mol. The Labute approximate surface area is 120 Å². The highest BCUT2D eigenvalue weighted by molar-refractivity contribution is 7.71. The van der Waals surface area contributed by atoms with Gasteiger partial charge in [-0.1, -0.05) is 29.9 Å². The fraction of sp³-hybridized carbons (Fsp3) is 0.286. The smallest absolute Gasteiger partial charge is 0.133 e. The van der Waals surface area contributed by atoms with Crippen LogP contribution in [0.4, 0.5) is 4.39 Å². The van der Waals surface area contributed by atoms with E-state index in [1.54, 1.807) is 12.1 Å². The molecule has 1 aliphatic rings. The van der Waals surface area contributed by atoms with Gasteiger partial charge in [0.1, 0.15) is 16.3 Å². The summed E-state index contributed by atoms with van der Waals surface area (Å²) >= 11 is 11.3. The van der Waals surface area contributed by atoms with E-state index in [0.717, 1.165) is 30.5 Å². The summed E-state index contributed by atoms with van der Waals surface area (Å²) in [6, 6.07) is 4.69. The molecule has 98 valence electrons. The molecule has 1 aliphatic carbocycles. The van der Waals surface area contributed by atoms with Gasteiger partial charge in [0, 0.05) is 28.3 Å². The summed E-state index contributed by atoms with van der Waals surface area (Å²) in [5.74, 6) is 0.367. The van der Waals surface area contributed by atoms with Crippen LogP contribution in [0.2, 0.25) is 5.02 Å². The van der Waals surface area contributed by atoms with E-state index in [1.165, 1.54) is 6.07 Å². The largest absolute Gasteiger partial charge is 0.347 e. The molecule has 2 nitrogen and oxygen atoms in total. The topological polar surface area (TPSA) is 28.7 Å². The van der Waals surface area contributed by atoms with Crippen LogP contribution in [-0.2, 0) is 19.3 Å². The molecule has 0 fully saturated rings. The number of hydrogen-bond donors (Lipinski definition) is 1. The van der Waals surface area contributed by atoms with Crippen LogP contribution in [0.3, 0.4) is 0 Å². The zero-order valence-corrected chi connectivity index (χ0v) is 11.7. The molecule has 0 spiro atoms. The highest BCUT2D eigenvalue weighted by atomic mass is 35.5. The number of hydrogen-bond acceptors (Lipinski definition) is 2. The van der Waals surface area contributed by atoms with E-state index >= 15 is 0 Å². The van der Waals surface area contributed by atoms with E-state index in [0.29, 0.717) is 27.5 Å². The molecule has 1 aromatic heterocycles. The van der Waals surface area contributed by atoms with Gasteiger partial charge >= 0.3 is 0 Å². The van der Waals surface area contributed by atoms with Crippen LogP contribution in [0.25, 0.3) is 0 Å². The molecule has 0 aliphatic heterocycles. The molecule has 0 atom stereocenters. The zero-order valence-electron chi connectivity index (χ0n) is 10.2. The van der Waals surface area contributed by atoms with Crippen molar-refractivity contribution in [2.75, 3.05) is 0 Å². The summed E-state index contributed by atoms with van der Waals surface area (Å²) in [5, 5.41) is 0.418. The van der Waals surface area contributed by atoms with Crippen molar-refractivity contribution < 1.29 is 4.39 Å². The van der Waals surface area contributed by atoms with Crippen molar-refractivity contribution in [2.45, 2.75) is 25.7 Å². The van der Waals surface area contributed by atoms with Gasteiger partial charge in [0.05, 0.1) is 0 Å². The summed E-state index contributed by atoms with van der Waals surface area (Å²) in [4.78, 5) is 7.62. The summed E-state index contributed by atoms with van der Waals surface area (Å²) in [6.45, 7) is 0. The molecular formula is C14H12ClFN2S. The first-order valence-corrected chi connectivity index (χ1v) is 6.97. The van der Waals surface area contributed by atoms with Crippen LogP contribution in [0, 0.1) is 10.5 Å². The zero-order chi connectivity index (χ0) is 13.4. The van der Waals surface area contributed by atoms with E-state index in [1.807, 2.05) is 0 Å². The molecule has 1 aromatic carbocycles. The minimum atomic E-state index is -0.311. The van der Waals surface area contributed by atoms with Crippen LogP contribution in [0.1, 0.15) is 29.1 Å². The summed E-state index contributed by atoms with van der Waals surface area (Å²) in [6.07, 6.45) is 3.40. The minimum absolute atomic E-state index is 0.311.